The van der Waals surface area contributed by atoms with Gasteiger partial charge in [0.05, 0.1) is 5.02 Å². The number of benzene rings is 1. The maximum absolute atomic E-state index is 13.7. The average molecular weight is 383 g/mol. The third-order valence-electron chi connectivity index (χ3n) is 2.52. The molecule has 0 aromatic heterocycles. The number of rotatable bonds is 5. The molecular formula is C14H18BrClFNO3. The quantitative estimate of drug-likeness (QED) is 0.762. The Kier molecular flexibility index (Phi) is 6.28. The maximum Gasteiger partial charge on any atom is 0.404 e. The molecule has 0 aliphatic carbocycles. The summed E-state index contributed by atoms with van der Waals surface area (Å²) >= 11 is 8.97. The van der Waals surface area contributed by atoms with Gasteiger partial charge in [-0.05, 0) is 39.9 Å². The van der Waals surface area contributed by atoms with E-state index in [2.05, 4.69) is 15.9 Å². The summed E-state index contributed by atoms with van der Waals surface area (Å²) in [5.74, 6) is -0.560. The lowest BCUT2D eigenvalue weighted by molar-refractivity contribution is 0.0454. The van der Waals surface area contributed by atoms with Gasteiger partial charge >= 0.3 is 6.09 Å². The lowest BCUT2D eigenvalue weighted by atomic mass is 9.89. The molecule has 7 heteroatoms. The van der Waals surface area contributed by atoms with Gasteiger partial charge in [-0.25, -0.2) is 9.18 Å². The zero-order valence-corrected chi connectivity index (χ0v) is 14.4. The van der Waals surface area contributed by atoms with E-state index in [0.29, 0.717) is 10.9 Å². The first kappa shape index (κ1) is 18.0. The van der Waals surface area contributed by atoms with Crippen molar-refractivity contribution in [1.29, 1.82) is 0 Å². The SMILES string of the molecule is CC(C)(C)C[C@@H](COc1cc(Br)c(Cl)cc1F)OC(N)=O. The second-order valence-corrected chi connectivity index (χ2v) is 7.09. The fraction of sp³-hybridized carbons (Fsp3) is 0.500. The van der Waals surface area contributed by atoms with Crippen molar-refractivity contribution < 1.29 is 18.7 Å². The van der Waals surface area contributed by atoms with Gasteiger partial charge in [-0.15, -0.1) is 0 Å². The van der Waals surface area contributed by atoms with Crippen molar-refractivity contribution in [1.82, 2.24) is 0 Å². The number of hydrogen-bond acceptors (Lipinski definition) is 3. The zero-order chi connectivity index (χ0) is 16.2. The topological polar surface area (TPSA) is 61.6 Å². The van der Waals surface area contributed by atoms with Crippen LogP contribution in [-0.2, 0) is 4.74 Å². The van der Waals surface area contributed by atoms with Crippen LogP contribution in [0.5, 0.6) is 5.75 Å². The zero-order valence-electron chi connectivity index (χ0n) is 12.1. The Labute approximate surface area is 136 Å². The molecule has 0 saturated heterocycles. The molecule has 1 rings (SSSR count). The molecule has 118 valence electrons. The minimum atomic E-state index is -0.884. The third-order valence-corrected chi connectivity index (χ3v) is 3.72. The van der Waals surface area contributed by atoms with Gasteiger partial charge in [-0.3, -0.25) is 0 Å². The van der Waals surface area contributed by atoms with Gasteiger partial charge in [0.2, 0.25) is 0 Å². The molecule has 0 radical (unpaired) electrons. The van der Waals surface area contributed by atoms with Crippen LogP contribution in [0.2, 0.25) is 5.02 Å². The predicted molar refractivity (Wildman–Crippen MR) is 83.1 cm³/mol. The van der Waals surface area contributed by atoms with Crippen LogP contribution in [0, 0.1) is 11.2 Å². The van der Waals surface area contributed by atoms with Gasteiger partial charge in [-0.2, -0.15) is 0 Å². The van der Waals surface area contributed by atoms with E-state index in [9.17, 15) is 9.18 Å². The van der Waals surface area contributed by atoms with E-state index < -0.39 is 18.0 Å². The van der Waals surface area contributed by atoms with E-state index in [1.165, 1.54) is 6.07 Å². The van der Waals surface area contributed by atoms with E-state index in [1.54, 1.807) is 0 Å². The molecule has 1 atom stereocenters. The number of halogens is 3. The first-order chi connectivity index (χ1) is 9.58. The molecule has 21 heavy (non-hydrogen) atoms. The molecule has 0 aliphatic rings. The summed E-state index contributed by atoms with van der Waals surface area (Å²) in [6, 6.07) is 2.57. The average Bonchev–Trinajstić information content (AvgIpc) is 2.29. The molecule has 1 amide bonds. The van der Waals surface area contributed by atoms with Crippen molar-refractivity contribution in [2.45, 2.75) is 33.3 Å². The van der Waals surface area contributed by atoms with Crippen LogP contribution in [0.1, 0.15) is 27.2 Å². The van der Waals surface area contributed by atoms with Crippen molar-refractivity contribution in [3.05, 3.63) is 27.4 Å². The summed E-state index contributed by atoms with van der Waals surface area (Å²) in [5, 5.41) is 0.250. The number of hydrogen-bond donors (Lipinski definition) is 1. The lowest BCUT2D eigenvalue weighted by Gasteiger charge is -2.25. The molecule has 0 spiro atoms. The number of carbonyl (C=O) groups excluding carboxylic acids is 1. The second kappa shape index (κ2) is 7.31. The summed E-state index contributed by atoms with van der Waals surface area (Å²) in [4.78, 5) is 10.9. The minimum Gasteiger partial charge on any atom is -0.487 e. The predicted octanol–water partition coefficient (Wildman–Crippen LogP) is 4.52. The van der Waals surface area contributed by atoms with Crippen molar-refractivity contribution in [2.75, 3.05) is 6.61 Å². The molecule has 1 aromatic carbocycles. The van der Waals surface area contributed by atoms with E-state index in [0.717, 1.165) is 6.07 Å². The van der Waals surface area contributed by atoms with Crippen LogP contribution in [0.3, 0.4) is 0 Å². The largest absolute Gasteiger partial charge is 0.487 e. The molecule has 2 N–H and O–H groups in total. The summed E-state index contributed by atoms with van der Waals surface area (Å²) in [5.41, 5.74) is 4.94. The van der Waals surface area contributed by atoms with Crippen LogP contribution in [0.4, 0.5) is 9.18 Å². The van der Waals surface area contributed by atoms with Crippen LogP contribution < -0.4 is 10.5 Å². The molecule has 0 fully saturated rings. The fourth-order valence-corrected chi connectivity index (χ4v) is 2.25. The highest BCUT2D eigenvalue weighted by Gasteiger charge is 2.23. The van der Waals surface area contributed by atoms with E-state index in [-0.39, 0.29) is 22.8 Å². The third kappa shape index (κ3) is 6.52. The Morgan fingerprint density at radius 2 is 2.10 bits per heavy atom. The number of nitrogens with two attached hydrogens (primary N) is 1. The maximum atomic E-state index is 13.7. The Bertz CT molecular complexity index is 520. The Balaban J connectivity index is 2.76. The summed E-state index contributed by atoms with van der Waals surface area (Å²) < 4.78 is 24.6. The molecule has 0 bridgehead atoms. The normalized spacial score (nSPS) is 12.9. The molecule has 4 nitrogen and oxygen atoms in total. The van der Waals surface area contributed by atoms with Crippen molar-refractivity contribution in [3.8, 4) is 5.75 Å². The Morgan fingerprint density at radius 1 is 1.48 bits per heavy atom. The molecule has 0 saturated carbocycles. The minimum absolute atomic E-state index is 0.00516. The van der Waals surface area contributed by atoms with Gasteiger partial charge < -0.3 is 15.2 Å². The highest BCUT2D eigenvalue weighted by Crippen LogP contribution is 2.30. The molecule has 1 aromatic rings. The first-order valence-corrected chi connectivity index (χ1v) is 7.49. The number of ether oxygens (including phenoxy) is 2. The summed E-state index contributed by atoms with van der Waals surface area (Å²) in [7, 11) is 0. The molecule has 0 aliphatic heterocycles. The van der Waals surface area contributed by atoms with Crippen LogP contribution in [0.25, 0.3) is 0 Å². The van der Waals surface area contributed by atoms with Crippen molar-refractivity contribution in [2.24, 2.45) is 11.1 Å². The van der Waals surface area contributed by atoms with Gasteiger partial charge in [-0.1, -0.05) is 32.4 Å². The highest BCUT2D eigenvalue weighted by atomic mass is 79.9. The Morgan fingerprint density at radius 3 is 2.62 bits per heavy atom. The monoisotopic (exact) mass is 381 g/mol. The van der Waals surface area contributed by atoms with Crippen LogP contribution in [-0.4, -0.2) is 18.8 Å². The van der Waals surface area contributed by atoms with E-state index >= 15 is 0 Å². The fourth-order valence-electron chi connectivity index (χ4n) is 1.78. The Hall–Kier alpha value is -1.01. The smallest absolute Gasteiger partial charge is 0.404 e. The van der Waals surface area contributed by atoms with Gasteiger partial charge in [0.1, 0.15) is 12.7 Å². The summed E-state index contributed by atoms with van der Waals surface area (Å²) in [6.45, 7) is 5.97. The van der Waals surface area contributed by atoms with Gasteiger partial charge in [0.15, 0.2) is 11.6 Å². The van der Waals surface area contributed by atoms with Crippen molar-refractivity contribution in [3.63, 3.8) is 0 Å². The van der Waals surface area contributed by atoms with E-state index in [4.69, 9.17) is 26.8 Å². The summed E-state index contributed by atoms with van der Waals surface area (Å²) in [6.07, 6.45) is -0.909. The number of carbonyl (C=O) groups is 1. The number of primary amides is 1. The first-order valence-electron chi connectivity index (χ1n) is 6.32. The molecular weight excluding hydrogens is 365 g/mol. The van der Waals surface area contributed by atoms with E-state index in [1.807, 2.05) is 20.8 Å². The van der Waals surface area contributed by atoms with Crippen LogP contribution >= 0.6 is 27.5 Å². The lowest BCUT2D eigenvalue weighted by Crippen LogP contribution is -2.31. The standard InChI is InChI=1S/C14H18BrClFNO3/c1-14(2,3)6-8(21-13(18)19)7-20-12-4-9(15)10(16)5-11(12)17/h4-5,8H,6-7H2,1-3H3,(H2,18,19)/t8-/m0/s1. The van der Waals surface area contributed by atoms with Crippen molar-refractivity contribution >= 4 is 33.6 Å². The number of amides is 1. The second-order valence-electron chi connectivity index (χ2n) is 5.83. The van der Waals surface area contributed by atoms with Crippen LogP contribution in [0.15, 0.2) is 16.6 Å². The van der Waals surface area contributed by atoms with Gasteiger partial charge in [0, 0.05) is 4.47 Å². The van der Waals surface area contributed by atoms with Gasteiger partial charge in [0.25, 0.3) is 0 Å². The molecule has 0 unspecified atom stereocenters. The molecule has 0 heterocycles. The highest BCUT2D eigenvalue weighted by molar-refractivity contribution is 9.10.